The first kappa shape index (κ1) is 7.22. The second-order valence-electron chi connectivity index (χ2n) is 3.09. The summed E-state index contributed by atoms with van der Waals surface area (Å²) in [5.41, 5.74) is 2.36. The van der Waals surface area contributed by atoms with E-state index in [1.807, 2.05) is 13.1 Å². The van der Waals surface area contributed by atoms with E-state index in [2.05, 4.69) is 17.6 Å². The van der Waals surface area contributed by atoms with Gasteiger partial charge in [-0.15, -0.1) is 0 Å². The lowest BCUT2D eigenvalue weighted by molar-refractivity contribution is 0.476. The minimum absolute atomic E-state index is 0.327. The zero-order valence-corrected chi connectivity index (χ0v) is 7.20. The molecule has 2 rings (SSSR count). The van der Waals surface area contributed by atoms with E-state index < -0.39 is 0 Å². The van der Waals surface area contributed by atoms with Crippen molar-refractivity contribution in [3.05, 3.63) is 30.0 Å². The van der Waals surface area contributed by atoms with Gasteiger partial charge in [-0.05, 0) is 31.2 Å². The summed E-state index contributed by atoms with van der Waals surface area (Å²) in [5, 5.41) is 10.3. The lowest BCUT2D eigenvalue weighted by atomic mass is 10.2. The minimum Gasteiger partial charge on any atom is -0.508 e. The van der Waals surface area contributed by atoms with Gasteiger partial charge in [0.2, 0.25) is 0 Å². The minimum atomic E-state index is 0.327. The Hall–Kier alpha value is -1.44. The molecule has 1 aromatic carbocycles. The van der Waals surface area contributed by atoms with Gasteiger partial charge in [0.15, 0.2) is 0 Å². The van der Waals surface area contributed by atoms with Gasteiger partial charge in [-0.25, -0.2) is 0 Å². The highest BCUT2D eigenvalue weighted by Gasteiger charge is 2.01. The Bertz CT molecular complexity index is 429. The molecular weight excluding hydrogens is 150 g/mol. The van der Waals surface area contributed by atoms with Crippen LogP contribution in [-0.4, -0.2) is 9.67 Å². The quantitative estimate of drug-likeness (QED) is 0.629. The lowest BCUT2D eigenvalue weighted by Gasteiger charge is -1.97. The van der Waals surface area contributed by atoms with Crippen LogP contribution in [0.1, 0.15) is 5.69 Å². The molecule has 0 aliphatic rings. The van der Waals surface area contributed by atoms with Crippen LogP contribution in [0.15, 0.2) is 24.3 Å². The van der Waals surface area contributed by atoms with Gasteiger partial charge >= 0.3 is 0 Å². The SMILES string of the molecule is Cc1cc2cc(O)ccc2n1C. The highest BCUT2D eigenvalue weighted by atomic mass is 16.3. The largest absolute Gasteiger partial charge is 0.508 e. The van der Waals surface area contributed by atoms with Gasteiger partial charge in [-0.2, -0.15) is 0 Å². The van der Waals surface area contributed by atoms with E-state index in [1.54, 1.807) is 12.1 Å². The summed E-state index contributed by atoms with van der Waals surface area (Å²) in [6.45, 7) is 2.05. The zero-order chi connectivity index (χ0) is 8.72. The summed E-state index contributed by atoms with van der Waals surface area (Å²) in [7, 11) is 2.02. The maximum Gasteiger partial charge on any atom is 0.116 e. The number of aromatic hydroxyl groups is 1. The van der Waals surface area contributed by atoms with Crippen LogP contribution in [0.2, 0.25) is 0 Å². The van der Waals surface area contributed by atoms with Gasteiger partial charge in [0.1, 0.15) is 5.75 Å². The number of hydrogen-bond acceptors (Lipinski definition) is 1. The van der Waals surface area contributed by atoms with Crippen molar-refractivity contribution in [2.45, 2.75) is 6.92 Å². The van der Waals surface area contributed by atoms with Crippen LogP contribution < -0.4 is 0 Å². The Morgan fingerprint density at radius 3 is 2.75 bits per heavy atom. The van der Waals surface area contributed by atoms with E-state index in [4.69, 9.17) is 0 Å². The number of fused-ring (bicyclic) bond motifs is 1. The number of hydrogen-bond donors (Lipinski definition) is 1. The second kappa shape index (κ2) is 2.27. The monoisotopic (exact) mass is 161 g/mol. The molecule has 1 aromatic heterocycles. The predicted octanol–water partition coefficient (Wildman–Crippen LogP) is 2.19. The molecule has 0 saturated heterocycles. The molecule has 2 nitrogen and oxygen atoms in total. The van der Waals surface area contributed by atoms with Crippen molar-refractivity contribution in [1.29, 1.82) is 0 Å². The summed E-state index contributed by atoms with van der Waals surface area (Å²) >= 11 is 0. The van der Waals surface area contributed by atoms with E-state index >= 15 is 0 Å². The predicted molar refractivity (Wildman–Crippen MR) is 49.3 cm³/mol. The summed E-state index contributed by atoms with van der Waals surface area (Å²) < 4.78 is 2.11. The molecule has 0 saturated carbocycles. The maximum absolute atomic E-state index is 9.22. The Balaban J connectivity index is 2.87. The van der Waals surface area contributed by atoms with E-state index in [0.717, 1.165) is 10.9 Å². The molecular formula is C10H11NO. The highest BCUT2D eigenvalue weighted by molar-refractivity contribution is 5.82. The van der Waals surface area contributed by atoms with Gasteiger partial charge in [-0.3, -0.25) is 0 Å². The number of aromatic nitrogens is 1. The van der Waals surface area contributed by atoms with E-state index in [-0.39, 0.29) is 0 Å². The molecule has 0 bridgehead atoms. The average Bonchev–Trinajstić information content (AvgIpc) is 2.28. The van der Waals surface area contributed by atoms with Crippen LogP contribution in [0.4, 0.5) is 0 Å². The average molecular weight is 161 g/mol. The Kier molecular flexibility index (Phi) is 1.37. The third-order valence-electron chi connectivity index (χ3n) is 2.27. The fourth-order valence-corrected chi connectivity index (χ4v) is 1.47. The molecule has 2 aromatic rings. The van der Waals surface area contributed by atoms with E-state index in [0.29, 0.717) is 5.75 Å². The molecule has 0 aliphatic heterocycles. The van der Waals surface area contributed by atoms with Gasteiger partial charge in [0.05, 0.1) is 0 Å². The van der Waals surface area contributed by atoms with Crippen molar-refractivity contribution in [2.24, 2.45) is 7.05 Å². The molecule has 1 N–H and O–H groups in total. The highest BCUT2D eigenvalue weighted by Crippen LogP contribution is 2.22. The summed E-state index contributed by atoms with van der Waals surface area (Å²) in [5.74, 6) is 0.327. The molecule has 62 valence electrons. The summed E-state index contributed by atoms with van der Waals surface area (Å²) in [6, 6.07) is 7.48. The molecule has 0 spiro atoms. The first-order valence-electron chi connectivity index (χ1n) is 3.93. The topological polar surface area (TPSA) is 25.2 Å². The first-order chi connectivity index (χ1) is 5.68. The maximum atomic E-state index is 9.22. The van der Waals surface area contributed by atoms with Crippen molar-refractivity contribution in [3.8, 4) is 5.75 Å². The van der Waals surface area contributed by atoms with Crippen molar-refractivity contribution in [2.75, 3.05) is 0 Å². The third kappa shape index (κ3) is 0.881. The Morgan fingerprint density at radius 1 is 1.25 bits per heavy atom. The molecule has 12 heavy (non-hydrogen) atoms. The molecule has 0 fully saturated rings. The molecule has 2 heteroatoms. The third-order valence-corrected chi connectivity index (χ3v) is 2.27. The first-order valence-corrected chi connectivity index (χ1v) is 3.93. The normalized spacial score (nSPS) is 10.8. The summed E-state index contributed by atoms with van der Waals surface area (Å²) in [6.07, 6.45) is 0. The fourth-order valence-electron chi connectivity index (χ4n) is 1.47. The van der Waals surface area contributed by atoms with Crippen LogP contribution in [-0.2, 0) is 7.05 Å². The van der Waals surface area contributed by atoms with Crippen LogP contribution >= 0.6 is 0 Å². The molecule has 1 heterocycles. The Labute approximate surface area is 71.1 Å². The summed E-state index contributed by atoms with van der Waals surface area (Å²) in [4.78, 5) is 0. The molecule has 0 unspecified atom stereocenters. The van der Waals surface area contributed by atoms with E-state index in [9.17, 15) is 5.11 Å². The number of rotatable bonds is 0. The smallest absolute Gasteiger partial charge is 0.116 e. The zero-order valence-electron chi connectivity index (χ0n) is 7.20. The van der Waals surface area contributed by atoms with Crippen LogP contribution in [0.25, 0.3) is 10.9 Å². The number of benzene rings is 1. The van der Waals surface area contributed by atoms with E-state index in [1.165, 1.54) is 5.69 Å². The van der Waals surface area contributed by atoms with Crippen molar-refractivity contribution in [3.63, 3.8) is 0 Å². The van der Waals surface area contributed by atoms with Gasteiger partial charge in [-0.1, -0.05) is 0 Å². The standard InChI is InChI=1S/C10H11NO/c1-7-5-8-6-9(12)3-4-10(8)11(7)2/h3-6,12H,1-2H3. The molecule has 0 aliphatic carbocycles. The van der Waals surface area contributed by atoms with Crippen molar-refractivity contribution in [1.82, 2.24) is 4.57 Å². The molecule has 0 radical (unpaired) electrons. The Morgan fingerprint density at radius 2 is 2.00 bits per heavy atom. The van der Waals surface area contributed by atoms with Gasteiger partial charge < -0.3 is 9.67 Å². The van der Waals surface area contributed by atoms with Gasteiger partial charge in [0.25, 0.3) is 0 Å². The van der Waals surface area contributed by atoms with Crippen molar-refractivity contribution >= 4 is 10.9 Å². The number of aryl methyl sites for hydroxylation is 2. The number of phenols is 1. The van der Waals surface area contributed by atoms with Crippen molar-refractivity contribution < 1.29 is 5.11 Å². The number of phenolic OH excluding ortho intramolecular Hbond substituents is 1. The number of nitrogens with zero attached hydrogens (tertiary/aromatic N) is 1. The lowest BCUT2D eigenvalue weighted by Crippen LogP contribution is -1.88. The van der Waals surface area contributed by atoms with Crippen LogP contribution in [0.3, 0.4) is 0 Å². The fraction of sp³-hybridized carbons (Fsp3) is 0.200. The van der Waals surface area contributed by atoms with Crippen LogP contribution in [0.5, 0.6) is 5.75 Å². The molecule has 0 amide bonds. The molecule has 0 atom stereocenters. The second-order valence-corrected chi connectivity index (χ2v) is 3.09. The van der Waals surface area contributed by atoms with Gasteiger partial charge in [0, 0.05) is 23.6 Å². The van der Waals surface area contributed by atoms with Crippen LogP contribution in [0, 0.1) is 6.92 Å².